The van der Waals surface area contributed by atoms with Gasteiger partial charge in [0.2, 0.25) is 5.91 Å². The van der Waals surface area contributed by atoms with Crippen molar-refractivity contribution in [3.63, 3.8) is 0 Å². The molecule has 4 aliphatic heterocycles. The molecule has 3 saturated heterocycles. The normalized spacial score (nSPS) is 21.3. The molecule has 1 aromatic heterocycles. The van der Waals surface area contributed by atoms with Crippen molar-refractivity contribution in [1.29, 1.82) is 0 Å². The number of hydrogen-bond acceptors (Lipinski definition) is 6. The molecule has 12 heteroatoms. The minimum absolute atomic E-state index is 0.0328. The number of hydrogen-bond donors (Lipinski definition) is 3. The van der Waals surface area contributed by atoms with Crippen molar-refractivity contribution in [3.8, 4) is 0 Å². The lowest BCUT2D eigenvalue weighted by Gasteiger charge is -2.41. The molecule has 256 valence electrons. The topological polar surface area (TPSA) is 114 Å². The number of halogens is 1. The zero-order valence-electron chi connectivity index (χ0n) is 27.8. The SMILES string of the molecule is CCc1cc(C[C@@H](NC(=O)N2CCC(N3CCc4cscc4NC3=O)CC2)C(=O)N2CCC(C3CCN(C)CC3)CC2)cc(Cl)c1N. The van der Waals surface area contributed by atoms with Gasteiger partial charge < -0.3 is 36.0 Å². The fourth-order valence-electron chi connectivity index (χ4n) is 8.02. The van der Waals surface area contributed by atoms with Gasteiger partial charge in [0.25, 0.3) is 0 Å². The molecule has 0 bridgehead atoms. The molecule has 5 heterocycles. The van der Waals surface area contributed by atoms with Crippen LogP contribution in [0.1, 0.15) is 62.1 Å². The first-order valence-electron chi connectivity index (χ1n) is 17.4. The number of benzene rings is 1. The smallest absolute Gasteiger partial charge is 0.322 e. The van der Waals surface area contributed by atoms with Gasteiger partial charge in [-0.2, -0.15) is 0 Å². The second-order valence-corrected chi connectivity index (χ2v) is 15.1. The van der Waals surface area contributed by atoms with E-state index in [0.717, 1.165) is 74.6 Å². The van der Waals surface area contributed by atoms with Gasteiger partial charge in [-0.3, -0.25) is 4.79 Å². The lowest BCUT2D eigenvalue weighted by Crippen LogP contribution is -2.57. The standard InChI is InChI=1S/C35H50ClN7O3S/c1-3-24-18-23(19-29(36)32(24)37)20-30(33(44)41-13-6-26(7-14-41)25-4-11-40(2)12-5-25)38-34(45)42-15-9-28(10-16-42)43-17-8-27-21-47-22-31(27)39-35(43)46/h18-19,21-22,25-26,28,30H,3-17,20,37H2,1-2H3,(H,38,45)(H,39,46)/t30-/m1/s1. The maximum absolute atomic E-state index is 14.1. The maximum atomic E-state index is 14.1. The molecule has 0 saturated carbocycles. The van der Waals surface area contributed by atoms with Gasteiger partial charge in [-0.1, -0.05) is 24.6 Å². The third-order valence-electron chi connectivity index (χ3n) is 11.0. The number of amides is 5. The van der Waals surface area contributed by atoms with Crippen LogP contribution in [-0.2, 0) is 24.1 Å². The Kier molecular flexibility index (Phi) is 10.8. The number of urea groups is 2. The van der Waals surface area contributed by atoms with Gasteiger partial charge in [0.15, 0.2) is 0 Å². The van der Waals surface area contributed by atoms with Gasteiger partial charge in [0.05, 0.1) is 16.4 Å². The zero-order valence-corrected chi connectivity index (χ0v) is 29.4. The van der Waals surface area contributed by atoms with Crippen LogP contribution in [0.4, 0.5) is 21.0 Å². The summed E-state index contributed by atoms with van der Waals surface area (Å²) in [7, 11) is 2.19. The number of nitrogens with zero attached hydrogens (tertiary/aromatic N) is 4. The molecule has 4 aliphatic rings. The number of nitrogen functional groups attached to an aromatic ring is 1. The number of nitrogens with one attached hydrogen (secondary N) is 2. The van der Waals surface area contributed by atoms with Crippen LogP contribution in [0.2, 0.25) is 5.02 Å². The largest absolute Gasteiger partial charge is 0.397 e. The number of anilines is 2. The van der Waals surface area contributed by atoms with Crippen LogP contribution >= 0.6 is 22.9 Å². The van der Waals surface area contributed by atoms with Crippen molar-refractivity contribution in [1.82, 2.24) is 24.9 Å². The molecule has 5 amide bonds. The third-order valence-corrected chi connectivity index (χ3v) is 12.1. The fourth-order valence-corrected chi connectivity index (χ4v) is 9.11. The Bertz CT molecular complexity index is 1430. The number of carbonyl (C=O) groups excluding carboxylic acids is 3. The molecule has 47 heavy (non-hydrogen) atoms. The van der Waals surface area contributed by atoms with Gasteiger partial charge in [0.1, 0.15) is 6.04 Å². The number of rotatable bonds is 7. The highest BCUT2D eigenvalue weighted by Gasteiger charge is 2.36. The third kappa shape index (κ3) is 7.84. The second kappa shape index (κ2) is 15.0. The lowest BCUT2D eigenvalue weighted by atomic mass is 9.79. The molecular weight excluding hydrogens is 634 g/mol. The Labute approximate surface area is 287 Å². The van der Waals surface area contributed by atoms with E-state index in [1.54, 1.807) is 16.2 Å². The van der Waals surface area contributed by atoms with Crippen LogP contribution in [0.15, 0.2) is 22.9 Å². The van der Waals surface area contributed by atoms with Crippen LogP contribution in [0.25, 0.3) is 0 Å². The Morgan fingerprint density at radius 2 is 1.64 bits per heavy atom. The predicted octanol–water partition coefficient (Wildman–Crippen LogP) is 5.30. The molecule has 0 aliphatic carbocycles. The summed E-state index contributed by atoms with van der Waals surface area (Å²) in [5, 5.41) is 10.8. The Hall–Kier alpha value is -3.02. The van der Waals surface area contributed by atoms with E-state index in [4.69, 9.17) is 17.3 Å². The average Bonchev–Trinajstić information content (AvgIpc) is 3.46. The van der Waals surface area contributed by atoms with Crippen LogP contribution in [0.3, 0.4) is 0 Å². The fraction of sp³-hybridized carbons (Fsp3) is 0.629. The van der Waals surface area contributed by atoms with E-state index in [2.05, 4.69) is 28.0 Å². The highest BCUT2D eigenvalue weighted by atomic mass is 35.5. The molecule has 1 aromatic carbocycles. The molecule has 4 N–H and O–H groups in total. The van der Waals surface area contributed by atoms with Crippen molar-refractivity contribution >= 4 is 52.3 Å². The second-order valence-electron chi connectivity index (χ2n) is 13.9. The van der Waals surface area contributed by atoms with Crippen LogP contribution in [-0.4, -0.2) is 103 Å². The van der Waals surface area contributed by atoms with Crippen molar-refractivity contribution in [3.05, 3.63) is 44.6 Å². The summed E-state index contributed by atoms with van der Waals surface area (Å²) in [5.41, 5.74) is 10.7. The van der Waals surface area contributed by atoms with Crippen molar-refractivity contribution in [2.24, 2.45) is 11.8 Å². The van der Waals surface area contributed by atoms with E-state index in [1.165, 1.54) is 18.4 Å². The summed E-state index contributed by atoms with van der Waals surface area (Å²) in [5.74, 6) is 1.36. The lowest BCUT2D eigenvalue weighted by molar-refractivity contribution is -0.135. The maximum Gasteiger partial charge on any atom is 0.322 e. The van der Waals surface area contributed by atoms with Crippen molar-refractivity contribution < 1.29 is 14.4 Å². The number of likely N-dealkylation sites (tertiary alicyclic amines) is 3. The van der Waals surface area contributed by atoms with Gasteiger partial charge in [-0.25, -0.2) is 9.59 Å². The first kappa shape index (κ1) is 33.9. The molecule has 0 radical (unpaired) electrons. The molecule has 3 fully saturated rings. The predicted molar refractivity (Wildman–Crippen MR) is 189 cm³/mol. The molecule has 6 rings (SSSR count). The summed E-state index contributed by atoms with van der Waals surface area (Å²) in [6.45, 7) is 7.50. The van der Waals surface area contributed by atoms with Gasteiger partial charge >= 0.3 is 12.1 Å². The summed E-state index contributed by atoms with van der Waals surface area (Å²) < 4.78 is 0. The van der Waals surface area contributed by atoms with E-state index in [0.29, 0.717) is 55.5 Å². The molecule has 0 spiro atoms. The Morgan fingerprint density at radius 3 is 2.32 bits per heavy atom. The summed E-state index contributed by atoms with van der Waals surface area (Å²) in [6, 6.07) is 2.90. The Morgan fingerprint density at radius 1 is 0.979 bits per heavy atom. The minimum Gasteiger partial charge on any atom is -0.397 e. The zero-order chi connectivity index (χ0) is 33.1. The highest BCUT2D eigenvalue weighted by molar-refractivity contribution is 7.08. The number of nitrogens with two attached hydrogens (primary N) is 1. The number of fused-ring (bicyclic) bond motifs is 1. The van der Waals surface area contributed by atoms with E-state index < -0.39 is 6.04 Å². The summed E-state index contributed by atoms with van der Waals surface area (Å²) >= 11 is 8.11. The number of piperidine rings is 3. The van der Waals surface area contributed by atoms with Gasteiger partial charge in [-0.05, 0) is 111 Å². The number of thiophene rings is 1. The molecule has 1 atom stereocenters. The van der Waals surface area contributed by atoms with Crippen molar-refractivity contribution in [2.45, 2.75) is 76.8 Å². The molecule has 0 unspecified atom stereocenters. The quantitative estimate of drug-likeness (QED) is 0.343. The van der Waals surface area contributed by atoms with Crippen LogP contribution in [0.5, 0.6) is 0 Å². The average molecular weight is 684 g/mol. The molecular formula is C35H50ClN7O3S. The number of aryl methyl sites for hydroxylation is 1. The summed E-state index contributed by atoms with van der Waals surface area (Å²) in [4.78, 5) is 49.0. The molecule has 10 nitrogen and oxygen atoms in total. The monoisotopic (exact) mass is 683 g/mol. The first-order valence-corrected chi connectivity index (χ1v) is 18.7. The highest BCUT2D eigenvalue weighted by Crippen LogP contribution is 2.33. The van der Waals surface area contributed by atoms with E-state index in [9.17, 15) is 14.4 Å². The van der Waals surface area contributed by atoms with Crippen molar-refractivity contribution in [2.75, 3.05) is 63.9 Å². The van der Waals surface area contributed by atoms with Crippen LogP contribution < -0.4 is 16.4 Å². The van der Waals surface area contributed by atoms with E-state index in [-0.39, 0.29) is 24.0 Å². The number of carbonyl (C=O) groups is 3. The molecule has 2 aromatic rings. The van der Waals surface area contributed by atoms with Gasteiger partial charge in [-0.15, -0.1) is 11.3 Å². The van der Waals surface area contributed by atoms with Gasteiger partial charge in [0, 0.05) is 50.6 Å². The summed E-state index contributed by atoms with van der Waals surface area (Å²) in [6.07, 6.45) is 7.80. The van der Waals surface area contributed by atoms with E-state index in [1.807, 2.05) is 34.2 Å². The first-order chi connectivity index (χ1) is 22.7. The van der Waals surface area contributed by atoms with Crippen LogP contribution in [0, 0.1) is 11.8 Å². The Balaban J connectivity index is 1.09. The van der Waals surface area contributed by atoms with E-state index >= 15 is 0 Å². The minimum atomic E-state index is -0.709.